The number of carbonyl (C=O) groups is 2. The third-order valence-electron chi connectivity index (χ3n) is 2.71. The molecule has 0 aliphatic heterocycles. The Kier molecular flexibility index (Phi) is 3.75. The molecule has 0 unspecified atom stereocenters. The molecule has 0 spiro atoms. The van der Waals surface area contributed by atoms with Crippen LogP contribution in [-0.2, 0) is 4.74 Å². The van der Waals surface area contributed by atoms with Crippen LogP contribution in [0.25, 0.3) is 5.69 Å². The maximum Gasteiger partial charge on any atom is 0.341 e. The Bertz CT molecular complexity index is 617. The molecule has 1 aromatic heterocycles. The molecule has 0 fully saturated rings. The number of nitrogens with zero attached hydrogens (tertiary/aromatic N) is 2. The van der Waals surface area contributed by atoms with Crippen molar-refractivity contribution in [1.29, 1.82) is 0 Å². The van der Waals surface area contributed by atoms with Crippen LogP contribution in [-0.4, -0.2) is 28.6 Å². The molecule has 0 N–H and O–H groups in total. The second-order valence-corrected chi connectivity index (χ2v) is 4.06. The third-order valence-corrected chi connectivity index (χ3v) is 2.71. The van der Waals surface area contributed by atoms with Crippen LogP contribution in [0.1, 0.15) is 33.2 Å². The number of rotatable bonds is 4. The van der Waals surface area contributed by atoms with Crippen molar-refractivity contribution in [2.75, 3.05) is 6.61 Å². The van der Waals surface area contributed by atoms with E-state index in [1.165, 1.54) is 6.20 Å². The van der Waals surface area contributed by atoms with E-state index in [2.05, 4.69) is 5.10 Å². The average Bonchev–Trinajstić information content (AvgIpc) is 2.89. The van der Waals surface area contributed by atoms with Crippen LogP contribution in [0.5, 0.6) is 0 Å². The predicted molar refractivity (Wildman–Crippen MR) is 69.6 cm³/mol. The summed E-state index contributed by atoms with van der Waals surface area (Å²) in [4.78, 5) is 22.4. The fourth-order valence-electron chi connectivity index (χ4n) is 1.72. The van der Waals surface area contributed by atoms with Crippen molar-refractivity contribution in [3.8, 4) is 5.69 Å². The Balaban J connectivity index is 2.37. The number of hydrogen-bond acceptors (Lipinski definition) is 4. The molecule has 2 aromatic rings. The minimum absolute atomic E-state index is 0.323. The maximum absolute atomic E-state index is 11.6. The molecule has 0 atom stereocenters. The normalized spacial score (nSPS) is 10.2. The molecule has 1 heterocycles. The van der Waals surface area contributed by atoms with Gasteiger partial charge < -0.3 is 4.74 Å². The number of aldehydes is 1. The molecule has 0 aliphatic carbocycles. The first-order valence-corrected chi connectivity index (χ1v) is 5.93. The van der Waals surface area contributed by atoms with Gasteiger partial charge in [0, 0.05) is 11.8 Å². The zero-order valence-electron chi connectivity index (χ0n) is 10.8. The number of benzene rings is 1. The Morgan fingerprint density at radius 3 is 2.95 bits per heavy atom. The average molecular weight is 258 g/mol. The molecule has 0 aliphatic rings. The summed E-state index contributed by atoms with van der Waals surface area (Å²) >= 11 is 0. The predicted octanol–water partition coefficient (Wildman–Crippen LogP) is 2.17. The van der Waals surface area contributed by atoms with E-state index in [9.17, 15) is 9.59 Å². The molecule has 0 amide bonds. The largest absolute Gasteiger partial charge is 0.462 e. The van der Waals surface area contributed by atoms with Gasteiger partial charge in [-0.05, 0) is 25.5 Å². The first-order chi connectivity index (χ1) is 9.15. The van der Waals surface area contributed by atoms with Crippen LogP contribution in [0, 0.1) is 6.92 Å². The van der Waals surface area contributed by atoms with Gasteiger partial charge in [0.1, 0.15) is 6.29 Å². The van der Waals surface area contributed by atoms with Crippen LogP contribution in [0.4, 0.5) is 0 Å². The lowest BCUT2D eigenvalue weighted by Crippen LogP contribution is -2.03. The molecular formula is C14H14N2O3. The van der Waals surface area contributed by atoms with Gasteiger partial charge in [0.2, 0.25) is 0 Å². The van der Waals surface area contributed by atoms with E-state index >= 15 is 0 Å². The number of esters is 1. The van der Waals surface area contributed by atoms with Gasteiger partial charge in [-0.15, -0.1) is 0 Å². The quantitative estimate of drug-likeness (QED) is 0.623. The number of aromatic nitrogens is 2. The lowest BCUT2D eigenvalue weighted by atomic mass is 10.1. The van der Waals surface area contributed by atoms with Gasteiger partial charge in [0.15, 0.2) is 0 Å². The van der Waals surface area contributed by atoms with Crippen LogP contribution < -0.4 is 0 Å². The van der Waals surface area contributed by atoms with E-state index in [1.54, 1.807) is 29.9 Å². The van der Waals surface area contributed by atoms with Crippen molar-refractivity contribution in [3.05, 3.63) is 47.3 Å². The van der Waals surface area contributed by atoms with Crippen molar-refractivity contribution in [2.24, 2.45) is 0 Å². The molecule has 2 rings (SSSR count). The highest BCUT2D eigenvalue weighted by Crippen LogP contribution is 2.15. The molecule has 0 bridgehead atoms. The fraction of sp³-hybridized carbons (Fsp3) is 0.214. The van der Waals surface area contributed by atoms with Gasteiger partial charge in [-0.25, -0.2) is 9.48 Å². The lowest BCUT2D eigenvalue weighted by molar-refractivity contribution is 0.0526. The van der Waals surface area contributed by atoms with Gasteiger partial charge in [0.25, 0.3) is 0 Å². The molecule has 98 valence electrons. The summed E-state index contributed by atoms with van der Waals surface area (Å²) in [5.74, 6) is -0.405. The van der Waals surface area contributed by atoms with E-state index in [0.717, 1.165) is 17.5 Å². The van der Waals surface area contributed by atoms with Crippen molar-refractivity contribution in [3.63, 3.8) is 0 Å². The Morgan fingerprint density at radius 2 is 2.26 bits per heavy atom. The molecule has 0 radical (unpaired) electrons. The number of ether oxygens (including phenoxy) is 1. The van der Waals surface area contributed by atoms with Crippen molar-refractivity contribution in [2.45, 2.75) is 13.8 Å². The smallest absolute Gasteiger partial charge is 0.341 e. The van der Waals surface area contributed by atoms with Gasteiger partial charge in [0.05, 0.1) is 24.1 Å². The summed E-state index contributed by atoms with van der Waals surface area (Å²) in [6.07, 6.45) is 3.82. The Hall–Kier alpha value is -2.43. The minimum atomic E-state index is -0.405. The third kappa shape index (κ3) is 2.70. The van der Waals surface area contributed by atoms with Crippen LogP contribution in [0.15, 0.2) is 30.6 Å². The Labute approximate surface area is 110 Å². The van der Waals surface area contributed by atoms with E-state index in [0.29, 0.717) is 17.7 Å². The highest BCUT2D eigenvalue weighted by atomic mass is 16.5. The van der Waals surface area contributed by atoms with Crippen molar-refractivity contribution < 1.29 is 14.3 Å². The van der Waals surface area contributed by atoms with E-state index in [1.807, 2.05) is 13.0 Å². The molecular weight excluding hydrogens is 244 g/mol. The summed E-state index contributed by atoms with van der Waals surface area (Å²) in [5, 5.41) is 4.13. The van der Waals surface area contributed by atoms with Gasteiger partial charge >= 0.3 is 5.97 Å². The SMILES string of the molecule is CCOC(=O)c1cnn(-c2cc(C=O)ccc2C)c1. The van der Waals surface area contributed by atoms with Gasteiger partial charge in [-0.2, -0.15) is 5.10 Å². The summed E-state index contributed by atoms with van der Waals surface area (Å²) in [7, 11) is 0. The lowest BCUT2D eigenvalue weighted by Gasteiger charge is -2.06. The monoisotopic (exact) mass is 258 g/mol. The molecule has 5 heteroatoms. The first-order valence-electron chi connectivity index (χ1n) is 5.93. The second-order valence-electron chi connectivity index (χ2n) is 4.06. The minimum Gasteiger partial charge on any atom is -0.462 e. The highest BCUT2D eigenvalue weighted by molar-refractivity contribution is 5.88. The molecule has 0 saturated carbocycles. The zero-order valence-corrected chi connectivity index (χ0v) is 10.8. The van der Waals surface area contributed by atoms with E-state index < -0.39 is 5.97 Å². The number of aryl methyl sites for hydroxylation is 1. The molecule has 1 aromatic carbocycles. The first kappa shape index (κ1) is 13.0. The summed E-state index contributed by atoms with van der Waals surface area (Å²) < 4.78 is 6.47. The fourth-order valence-corrected chi connectivity index (χ4v) is 1.72. The topological polar surface area (TPSA) is 61.2 Å². The summed E-state index contributed by atoms with van der Waals surface area (Å²) in [5.41, 5.74) is 2.68. The summed E-state index contributed by atoms with van der Waals surface area (Å²) in [6, 6.07) is 5.30. The van der Waals surface area contributed by atoms with Crippen molar-refractivity contribution >= 4 is 12.3 Å². The van der Waals surface area contributed by atoms with Gasteiger partial charge in [-0.1, -0.05) is 12.1 Å². The molecule has 19 heavy (non-hydrogen) atoms. The van der Waals surface area contributed by atoms with Gasteiger partial charge in [-0.3, -0.25) is 4.79 Å². The maximum atomic E-state index is 11.6. The van der Waals surface area contributed by atoms with Crippen LogP contribution in [0.2, 0.25) is 0 Å². The Morgan fingerprint density at radius 1 is 1.47 bits per heavy atom. The number of hydrogen-bond donors (Lipinski definition) is 0. The summed E-state index contributed by atoms with van der Waals surface area (Å²) in [6.45, 7) is 3.99. The molecule has 5 nitrogen and oxygen atoms in total. The highest BCUT2D eigenvalue weighted by Gasteiger charge is 2.11. The van der Waals surface area contributed by atoms with Crippen molar-refractivity contribution in [1.82, 2.24) is 9.78 Å². The standard InChI is InChI=1S/C14H14N2O3/c1-3-19-14(18)12-7-15-16(8-12)13-6-11(9-17)5-4-10(13)2/h4-9H,3H2,1-2H3. The van der Waals surface area contributed by atoms with E-state index in [-0.39, 0.29) is 0 Å². The second kappa shape index (κ2) is 5.48. The van der Waals surface area contributed by atoms with Crippen LogP contribution >= 0.6 is 0 Å². The molecule has 0 saturated heterocycles. The van der Waals surface area contributed by atoms with E-state index in [4.69, 9.17) is 4.74 Å². The van der Waals surface area contributed by atoms with Crippen LogP contribution in [0.3, 0.4) is 0 Å². The zero-order chi connectivity index (χ0) is 13.8. The number of carbonyl (C=O) groups excluding carboxylic acids is 2.